The minimum atomic E-state index is 0.0463. The van der Waals surface area contributed by atoms with Crippen LogP contribution >= 0.6 is 0 Å². The Morgan fingerprint density at radius 2 is 2.19 bits per heavy atom. The van der Waals surface area contributed by atoms with Crippen LogP contribution in [0.2, 0.25) is 0 Å². The Balaban J connectivity index is 1.91. The van der Waals surface area contributed by atoms with E-state index in [2.05, 4.69) is 17.3 Å². The maximum absolute atomic E-state index is 5.96. The van der Waals surface area contributed by atoms with Gasteiger partial charge >= 0.3 is 0 Å². The van der Waals surface area contributed by atoms with Crippen LogP contribution in [0.1, 0.15) is 24.4 Å². The van der Waals surface area contributed by atoms with Crippen molar-refractivity contribution in [3.05, 3.63) is 41.9 Å². The molecule has 1 N–H and O–H groups in total. The predicted octanol–water partition coefficient (Wildman–Crippen LogP) is 3.66. The van der Waals surface area contributed by atoms with Crippen LogP contribution in [0.5, 0.6) is 5.75 Å². The van der Waals surface area contributed by atoms with Gasteiger partial charge in [0, 0.05) is 18.6 Å². The van der Waals surface area contributed by atoms with Crippen LogP contribution in [-0.2, 0) is 7.05 Å². The molecular weight excluding hydrogens is 266 g/mol. The van der Waals surface area contributed by atoms with Gasteiger partial charge in [0.05, 0.1) is 24.5 Å². The van der Waals surface area contributed by atoms with Gasteiger partial charge in [0.2, 0.25) is 0 Å². The number of furan rings is 1. The summed E-state index contributed by atoms with van der Waals surface area (Å²) in [6, 6.07) is 7.97. The standard InChI is InChI=1S/C16H19N3O2/c1-10-13(9-19(3)18-10)17-11(2)15-8-12-6-5-7-14(20-4)16(12)21-15/h5-9,11,17H,1-4H3. The second kappa shape index (κ2) is 5.16. The highest BCUT2D eigenvalue weighted by Gasteiger charge is 2.15. The average Bonchev–Trinajstić information content (AvgIpc) is 3.02. The molecule has 0 saturated heterocycles. The molecule has 0 aliphatic heterocycles. The quantitative estimate of drug-likeness (QED) is 0.795. The van der Waals surface area contributed by atoms with E-state index in [1.807, 2.05) is 44.4 Å². The fourth-order valence-corrected chi connectivity index (χ4v) is 2.48. The van der Waals surface area contributed by atoms with E-state index in [0.717, 1.165) is 33.9 Å². The fraction of sp³-hybridized carbons (Fsp3) is 0.312. The number of anilines is 1. The summed E-state index contributed by atoms with van der Waals surface area (Å²) in [5.41, 5.74) is 2.77. The topological polar surface area (TPSA) is 52.2 Å². The summed E-state index contributed by atoms with van der Waals surface area (Å²) in [7, 11) is 3.56. The van der Waals surface area contributed by atoms with Crippen molar-refractivity contribution in [1.29, 1.82) is 0 Å². The van der Waals surface area contributed by atoms with Crippen LogP contribution in [0, 0.1) is 6.92 Å². The first kappa shape index (κ1) is 13.5. The number of nitrogens with zero attached hydrogens (tertiary/aromatic N) is 2. The first-order chi connectivity index (χ1) is 10.1. The Labute approximate surface area is 123 Å². The summed E-state index contributed by atoms with van der Waals surface area (Å²) in [6.07, 6.45) is 1.97. The molecule has 1 aromatic carbocycles. The number of rotatable bonds is 4. The molecule has 2 heterocycles. The lowest BCUT2D eigenvalue weighted by atomic mass is 10.2. The third-order valence-electron chi connectivity index (χ3n) is 3.56. The van der Waals surface area contributed by atoms with E-state index in [0.29, 0.717) is 0 Å². The minimum Gasteiger partial charge on any atom is -0.493 e. The molecule has 1 unspecified atom stereocenters. The van der Waals surface area contributed by atoms with E-state index in [9.17, 15) is 0 Å². The maximum Gasteiger partial charge on any atom is 0.176 e. The monoisotopic (exact) mass is 285 g/mol. The number of methoxy groups -OCH3 is 1. The first-order valence-electron chi connectivity index (χ1n) is 6.91. The van der Waals surface area contributed by atoms with E-state index in [1.54, 1.807) is 11.8 Å². The zero-order valence-corrected chi connectivity index (χ0v) is 12.7. The van der Waals surface area contributed by atoms with Crippen molar-refractivity contribution >= 4 is 16.7 Å². The number of hydrogen-bond acceptors (Lipinski definition) is 4. The molecule has 5 heteroatoms. The summed E-state index contributed by atoms with van der Waals surface area (Å²) >= 11 is 0. The Hall–Kier alpha value is -2.43. The van der Waals surface area contributed by atoms with E-state index in [-0.39, 0.29) is 6.04 Å². The van der Waals surface area contributed by atoms with Gasteiger partial charge in [-0.15, -0.1) is 0 Å². The molecule has 3 rings (SSSR count). The third kappa shape index (κ3) is 2.46. The Morgan fingerprint density at radius 3 is 2.86 bits per heavy atom. The summed E-state index contributed by atoms with van der Waals surface area (Å²) in [5, 5.41) is 8.80. The van der Waals surface area contributed by atoms with E-state index < -0.39 is 0 Å². The van der Waals surface area contributed by atoms with Gasteiger partial charge in [0.1, 0.15) is 5.76 Å². The second-order valence-electron chi connectivity index (χ2n) is 5.20. The zero-order chi connectivity index (χ0) is 15.0. The van der Waals surface area contributed by atoms with E-state index in [1.165, 1.54) is 0 Å². The van der Waals surface area contributed by atoms with Gasteiger partial charge in [-0.25, -0.2) is 0 Å². The Bertz CT molecular complexity index is 773. The molecule has 1 atom stereocenters. The number of fused-ring (bicyclic) bond motifs is 1. The molecule has 0 aliphatic carbocycles. The largest absolute Gasteiger partial charge is 0.493 e. The molecule has 0 radical (unpaired) electrons. The number of ether oxygens (including phenoxy) is 1. The molecule has 21 heavy (non-hydrogen) atoms. The SMILES string of the molecule is COc1cccc2cc(C(C)Nc3cn(C)nc3C)oc12. The molecule has 0 aliphatic rings. The molecule has 0 fully saturated rings. The molecule has 2 aromatic heterocycles. The zero-order valence-electron chi connectivity index (χ0n) is 12.7. The van der Waals surface area contributed by atoms with Gasteiger partial charge in [0.25, 0.3) is 0 Å². The van der Waals surface area contributed by atoms with Crippen molar-refractivity contribution in [3.63, 3.8) is 0 Å². The molecule has 110 valence electrons. The van der Waals surface area contributed by atoms with Crippen LogP contribution in [0.4, 0.5) is 5.69 Å². The summed E-state index contributed by atoms with van der Waals surface area (Å²) in [6.45, 7) is 4.05. The van der Waals surface area contributed by atoms with Crippen LogP contribution in [0.3, 0.4) is 0 Å². The van der Waals surface area contributed by atoms with Gasteiger partial charge in [-0.1, -0.05) is 12.1 Å². The minimum absolute atomic E-state index is 0.0463. The van der Waals surface area contributed by atoms with Gasteiger partial charge in [-0.05, 0) is 26.0 Å². The van der Waals surface area contributed by atoms with E-state index in [4.69, 9.17) is 9.15 Å². The number of nitrogens with one attached hydrogen (secondary N) is 1. The number of aryl methyl sites for hydroxylation is 2. The number of hydrogen-bond donors (Lipinski definition) is 1. The summed E-state index contributed by atoms with van der Waals surface area (Å²) in [4.78, 5) is 0. The molecule has 0 amide bonds. The summed E-state index contributed by atoms with van der Waals surface area (Å²) in [5.74, 6) is 1.63. The van der Waals surface area contributed by atoms with Crippen LogP contribution in [-0.4, -0.2) is 16.9 Å². The van der Waals surface area contributed by atoms with Crippen LogP contribution in [0.15, 0.2) is 34.9 Å². The smallest absolute Gasteiger partial charge is 0.176 e. The van der Waals surface area contributed by atoms with Gasteiger partial charge < -0.3 is 14.5 Å². The lowest BCUT2D eigenvalue weighted by molar-refractivity contribution is 0.406. The highest BCUT2D eigenvalue weighted by molar-refractivity contribution is 5.83. The first-order valence-corrected chi connectivity index (χ1v) is 6.91. The lowest BCUT2D eigenvalue weighted by Crippen LogP contribution is -2.05. The molecule has 0 spiro atoms. The normalized spacial score (nSPS) is 12.6. The highest BCUT2D eigenvalue weighted by atomic mass is 16.5. The van der Waals surface area contributed by atoms with Crippen molar-refractivity contribution in [1.82, 2.24) is 9.78 Å². The predicted molar refractivity (Wildman–Crippen MR) is 82.7 cm³/mol. The van der Waals surface area contributed by atoms with Crippen molar-refractivity contribution in [2.45, 2.75) is 19.9 Å². The van der Waals surface area contributed by atoms with Crippen LogP contribution < -0.4 is 10.1 Å². The van der Waals surface area contributed by atoms with E-state index >= 15 is 0 Å². The van der Waals surface area contributed by atoms with Crippen molar-refractivity contribution in [2.24, 2.45) is 7.05 Å². The Morgan fingerprint density at radius 1 is 1.38 bits per heavy atom. The molecular formula is C16H19N3O2. The fourth-order valence-electron chi connectivity index (χ4n) is 2.48. The molecule has 0 bridgehead atoms. The van der Waals surface area contributed by atoms with Crippen LogP contribution in [0.25, 0.3) is 11.0 Å². The number of aromatic nitrogens is 2. The molecule has 0 saturated carbocycles. The van der Waals surface area contributed by atoms with Gasteiger partial charge in [-0.2, -0.15) is 5.10 Å². The lowest BCUT2D eigenvalue weighted by Gasteiger charge is -2.11. The van der Waals surface area contributed by atoms with Crippen molar-refractivity contribution in [2.75, 3.05) is 12.4 Å². The maximum atomic E-state index is 5.96. The summed E-state index contributed by atoms with van der Waals surface area (Å²) < 4.78 is 13.1. The van der Waals surface area contributed by atoms with Crippen molar-refractivity contribution in [3.8, 4) is 5.75 Å². The molecule has 3 aromatic rings. The second-order valence-corrected chi connectivity index (χ2v) is 5.20. The van der Waals surface area contributed by atoms with Gasteiger partial charge in [0.15, 0.2) is 11.3 Å². The number of para-hydroxylation sites is 1. The highest BCUT2D eigenvalue weighted by Crippen LogP contribution is 2.32. The van der Waals surface area contributed by atoms with Gasteiger partial charge in [-0.3, -0.25) is 4.68 Å². The Kier molecular flexibility index (Phi) is 3.33. The molecule has 5 nitrogen and oxygen atoms in total. The van der Waals surface area contributed by atoms with Crippen molar-refractivity contribution < 1.29 is 9.15 Å². The average molecular weight is 285 g/mol. The third-order valence-corrected chi connectivity index (χ3v) is 3.56. The number of benzene rings is 1.